The van der Waals surface area contributed by atoms with E-state index in [9.17, 15) is 14.7 Å². The molecule has 1 saturated heterocycles. The highest BCUT2D eigenvalue weighted by Gasteiger charge is 2.31. The number of thioether (sulfide) groups is 1. The van der Waals surface area contributed by atoms with Crippen LogP contribution in [0.25, 0.3) is 6.08 Å². The van der Waals surface area contributed by atoms with E-state index < -0.39 is 5.97 Å². The average molecular weight is 460 g/mol. The molecule has 2 aromatic rings. The van der Waals surface area contributed by atoms with Crippen LogP contribution < -0.4 is 9.47 Å². The van der Waals surface area contributed by atoms with Crippen LogP contribution in [0.1, 0.15) is 17.5 Å². The largest absolute Gasteiger partial charge is 0.508 e. The average Bonchev–Trinajstić information content (AvgIpc) is 3.00. The van der Waals surface area contributed by atoms with Gasteiger partial charge in [-0.25, -0.2) is 0 Å². The van der Waals surface area contributed by atoms with Gasteiger partial charge in [0.05, 0.1) is 25.0 Å². The Morgan fingerprint density at radius 2 is 1.94 bits per heavy atom. The Kier molecular flexibility index (Phi) is 7.54. The van der Waals surface area contributed by atoms with Crippen molar-refractivity contribution in [3.63, 3.8) is 0 Å². The predicted octanol–water partition coefficient (Wildman–Crippen LogP) is 3.70. The fourth-order valence-electron chi connectivity index (χ4n) is 2.89. The van der Waals surface area contributed by atoms with E-state index in [1.165, 1.54) is 18.9 Å². The molecule has 1 fully saturated rings. The number of carboxylic acid groups (broad SMARTS) is 1. The quantitative estimate of drug-likeness (QED) is 0.433. The van der Waals surface area contributed by atoms with E-state index in [0.29, 0.717) is 33.7 Å². The minimum absolute atomic E-state index is 0.0325. The summed E-state index contributed by atoms with van der Waals surface area (Å²) >= 11 is 6.62. The molecule has 1 heterocycles. The van der Waals surface area contributed by atoms with Crippen molar-refractivity contribution in [1.29, 1.82) is 0 Å². The van der Waals surface area contributed by atoms with E-state index in [2.05, 4.69) is 0 Å². The Bertz CT molecular complexity index is 1020. The molecular weight excluding hydrogens is 438 g/mol. The molecule has 1 amide bonds. The molecule has 0 unspecified atom stereocenters. The standard InChI is InChI=1S/C22H21NO6S2/c1-28-18-12-15(4-7-17(18)29-11-9-20(25)26)13-19-21(27)23(22(30)31-19)10-8-14-2-5-16(24)6-3-14/h2-7,12-13,24H,8-11H2,1H3,(H,25,26)/b19-13+. The molecule has 31 heavy (non-hydrogen) atoms. The number of methoxy groups -OCH3 is 1. The third kappa shape index (κ3) is 5.99. The second-order valence-corrected chi connectivity index (χ2v) is 8.33. The van der Waals surface area contributed by atoms with Crippen LogP contribution in [-0.4, -0.2) is 51.6 Å². The highest BCUT2D eigenvalue weighted by molar-refractivity contribution is 8.26. The summed E-state index contributed by atoms with van der Waals surface area (Å²) in [5.41, 5.74) is 1.74. The van der Waals surface area contributed by atoms with Crippen LogP contribution in [0.3, 0.4) is 0 Å². The minimum atomic E-state index is -0.942. The van der Waals surface area contributed by atoms with Gasteiger partial charge < -0.3 is 19.7 Å². The smallest absolute Gasteiger partial charge is 0.306 e. The molecule has 1 aliphatic heterocycles. The second-order valence-electron chi connectivity index (χ2n) is 6.65. The number of benzene rings is 2. The van der Waals surface area contributed by atoms with E-state index in [0.717, 1.165) is 11.1 Å². The number of hydrogen-bond donors (Lipinski definition) is 2. The van der Waals surface area contributed by atoms with Crippen molar-refractivity contribution in [3.05, 3.63) is 58.5 Å². The van der Waals surface area contributed by atoms with E-state index in [1.807, 2.05) is 12.1 Å². The minimum Gasteiger partial charge on any atom is -0.508 e. The molecule has 2 aromatic carbocycles. The van der Waals surface area contributed by atoms with Crippen molar-refractivity contribution in [3.8, 4) is 17.2 Å². The number of ether oxygens (including phenoxy) is 2. The summed E-state index contributed by atoms with van der Waals surface area (Å²) in [6.07, 6.45) is 2.25. The van der Waals surface area contributed by atoms with Crippen LogP contribution in [0, 0.1) is 0 Å². The van der Waals surface area contributed by atoms with E-state index >= 15 is 0 Å². The Balaban J connectivity index is 1.68. The number of thiocarbonyl (C=S) groups is 1. The molecule has 3 rings (SSSR count). The van der Waals surface area contributed by atoms with Crippen LogP contribution in [-0.2, 0) is 16.0 Å². The number of carbonyl (C=O) groups is 2. The number of phenolic OH excluding ortho intramolecular Hbond substituents is 1. The first-order valence-corrected chi connectivity index (χ1v) is 10.7. The Hall–Kier alpha value is -3.04. The number of amides is 1. The van der Waals surface area contributed by atoms with Crippen LogP contribution in [0.15, 0.2) is 47.4 Å². The Labute approximate surface area is 189 Å². The number of nitrogens with zero attached hydrogens (tertiary/aromatic N) is 1. The van der Waals surface area contributed by atoms with Crippen molar-refractivity contribution < 1.29 is 29.3 Å². The zero-order chi connectivity index (χ0) is 22.4. The van der Waals surface area contributed by atoms with Gasteiger partial charge in [0, 0.05) is 6.54 Å². The summed E-state index contributed by atoms with van der Waals surface area (Å²) in [6, 6.07) is 12.0. The first-order valence-electron chi connectivity index (χ1n) is 9.43. The Morgan fingerprint density at radius 3 is 2.61 bits per heavy atom. The molecular formula is C22H21NO6S2. The van der Waals surface area contributed by atoms with Gasteiger partial charge in [-0.15, -0.1) is 0 Å². The number of aromatic hydroxyl groups is 1. The van der Waals surface area contributed by atoms with Crippen molar-refractivity contribution in [1.82, 2.24) is 4.90 Å². The van der Waals surface area contributed by atoms with Gasteiger partial charge in [-0.2, -0.15) is 0 Å². The Morgan fingerprint density at radius 1 is 1.19 bits per heavy atom. The van der Waals surface area contributed by atoms with Gasteiger partial charge in [-0.1, -0.05) is 42.2 Å². The summed E-state index contributed by atoms with van der Waals surface area (Å²) in [5, 5.41) is 18.1. The predicted molar refractivity (Wildman–Crippen MR) is 122 cm³/mol. The lowest BCUT2D eigenvalue weighted by atomic mass is 10.1. The van der Waals surface area contributed by atoms with Gasteiger partial charge in [0.2, 0.25) is 0 Å². The van der Waals surface area contributed by atoms with Crippen LogP contribution in [0.2, 0.25) is 0 Å². The number of rotatable bonds is 9. The van der Waals surface area contributed by atoms with Crippen molar-refractivity contribution in [2.24, 2.45) is 0 Å². The second kappa shape index (κ2) is 10.3. The molecule has 0 radical (unpaired) electrons. The fraction of sp³-hybridized carbons (Fsp3) is 0.227. The molecule has 9 heteroatoms. The normalized spacial score (nSPS) is 14.9. The van der Waals surface area contributed by atoms with Gasteiger partial charge in [-0.05, 0) is 47.9 Å². The topological polar surface area (TPSA) is 96.3 Å². The SMILES string of the molecule is COc1cc(/C=C2/SC(=S)N(CCc3ccc(O)cc3)C2=O)ccc1OCCC(=O)O. The number of carboxylic acids is 1. The number of phenols is 1. The number of carbonyl (C=O) groups excluding carboxylic acids is 1. The van der Waals surface area contributed by atoms with Gasteiger partial charge in [0.15, 0.2) is 11.5 Å². The van der Waals surface area contributed by atoms with Crippen molar-refractivity contribution in [2.75, 3.05) is 20.3 Å². The number of hydrogen-bond acceptors (Lipinski definition) is 7. The van der Waals surface area contributed by atoms with Gasteiger partial charge in [0.1, 0.15) is 10.1 Å². The van der Waals surface area contributed by atoms with Crippen LogP contribution in [0.4, 0.5) is 0 Å². The van der Waals surface area contributed by atoms with Gasteiger partial charge in [-0.3, -0.25) is 14.5 Å². The first-order chi connectivity index (χ1) is 14.9. The molecule has 0 atom stereocenters. The monoisotopic (exact) mass is 459 g/mol. The zero-order valence-corrected chi connectivity index (χ0v) is 18.4. The summed E-state index contributed by atoms with van der Waals surface area (Å²) in [4.78, 5) is 25.5. The highest BCUT2D eigenvalue weighted by atomic mass is 32.2. The highest BCUT2D eigenvalue weighted by Crippen LogP contribution is 2.35. The number of aliphatic carboxylic acids is 1. The maximum Gasteiger partial charge on any atom is 0.306 e. The summed E-state index contributed by atoms with van der Waals surface area (Å²) in [5.74, 6) is -0.0205. The van der Waals surface area contributed by atoms with E-state index in [4.69, 9.17) is 26.8 Å². The molecule has 1 aliphatic rings. The molecule has 0 bridgehead atoms. The first kappa shape index (κ1) is 22.6. The summed E-state index contributed by atoms with van der Waals surface area (Å²) < 4.78 is 11.3. The third-order valence-corrected chi connectivity index (χ3v) is 5.87. The zero-order valence-electron chi connectivity index (χ0n) is 16.7. The lowest BCUT2D eigenvalue weighted by Gasteiger charge is -2.14. The molecule has 2 N–H and O–H groups in total. The van der Waals surface area contributed by atoms with Crippen LogP contribution in [0.5, 0.6) is 17.2 Å². The molecule has 0 saturated carbocycles. The summed E-state index contributed by atoms with van der Waals surface area (Å²) in [6.45, 7) is 0.483. The van der Waals surface area contributed by atoms with Crippen molar-refractivity contribution >= 4 is 46.3 Å². The third-order valence-electron chi connectivity index (χ3n) is 4.49. The molecule has 0 aliphatic carbocycles. The fourth-order valence-corrected chi connectivity index (χ4v) is 4.20. The maximum absolute atomic E-state index is 12.8. The molecule has 0 spiro atoms. The van der Waals surface area contributed by atoms with Crippen molar-refractivity contribution in [2.45, 2.75) is 12.8 Å². The lowest BCUT2D eigenvalue weighted by molar-refractivity contribution is -0.137. The van der Waals surface area contributed by atoms with E-state index in [-0.39, 0.29) is 24.7 Å². The van der Waals surface area contributed by atoms with Crippen LogP contribution >= 0.6 is 24.0 Å². The molecule has 162 valence electrons. The molecule has 0 aromatic heterocycles. The van der Waals surface area contributed by atoms with Gasteiger partial charge in [0.25, 0.3) is 5.91 Å². The van der Waals surface area contributed by atoms with E-state index in [1.54, 1.807) is 41.3 Å². The summed E-state index contributed by atoms with van der Waals surface area (Å²) in [7, 11) is 1.49. The maximum atomic E-state index is 12.8. The van der Waals surface area contributed by atoms with Gasteiger partial charge >= 0.3 is 5.97 Å². The molecule has 7 nitrogen and oxygen atoms in total. The lowest BCUT2D eigenvalue weighted by Crippen LogP contribution is -2.30.